The normalized spacial score (nSPS) is 20.1. The number of amides is 1. The SMILES string of the molecule is COc1ccc(S(=O)(=O)N2CCN([C@H](C)C(=O)NC3CC3)CC2)cc1OC. The summed E-state index contributed by atoms with van der Waals surface area (Å²) in [5.41, 5.74) is 0. The summed E-state index contributed by atoms with van der Waals surface area (Å²) in [6.07, 6.45) is 2.10. The molecule has 2 fully saturated rings. The Morgan fingerprint density at radius 3 is 2.30 bits per heavy atom. The average Bonchev–Trinajstić information content (AvgIpc) is 3.50. The summed E-state index contributed by atoms with van der Waals surface area (Å²) < 4.78 is 37.7. The van der Waals surface area contributed by atoms with E-state index in [4.69, 9.17) is 9.47 Å². The highest BCUT2D eigenvalue weighted by atomic mass is 32.2. The predicted molar refractivity (Wildman–Crippen MR) is 101 cm³/mol. The molecule has 0 bridgehead atoms. The van der Waals surface area contributed by atoms with Gasteiger partial charge >= 0.3 is 0 Å². The van der Waals surface area contributed by atoms with Crippen molar-refractivity contribution >= 4 is 15.9 Å². The quantitative estimate of drug-likeness (QED) is 0.728. The number of sulfonamides is 1. The topological polar surface area (TPSA) is 88.2 Å². The number of nitrogens with zero attached hydrogens (tertiary/aromatic N) is 2. The molecule has 0 spiro atoms. The average molecular weight is 397 g/mol. The van der Waals surface area contributed by atoms with Crippen LogP contribution in [0.2, 0.25) is 0 Å². The van der Waals surface area contributed by atoms with Crippen molar-refractivity contribution in [1.82, 2.24) is 14.5 Å². The van der Waals surface area contributed by atoms with E-state index in [-0.39, 0.29) is 16.8 Å². The van der Waals surface area contributed by atoms with Crippen LogP contribution in [0.25, 0.3) is 0 Å². The molecule has 9 heteroatoms. The van der Waals surface area contributed by atoms with Crippen LogP contribution in [0.1, 0.15) is 19.8 Å². The summed E-state index contributed by atoms with van der Waals surface area (Å²) in [4.78, 5) is 14.4. The number of carbonyl (C=O) groups excluding carboxylic acids is 1. The summed E-state index contributed by atoms with van der Waals surface area (Å²) >= 11 is 0. The molecule has 8 nitrogen and oxygen atoms in total. The third-order valence-electron chi connectivity index (χ3n) is 5.12. The van der Waals surface area contributed by atoms with E-state index in [1.54, 1.807) is 6.07 Å². The Labute approximate surface area is 160 Å². The highest BCUT2D eigenvalue weighted by Crippen LogP contribution is 2.31. The molecule has 3 rings (SSSR count). The third-order valence-corrected chi connectivity index (χ3v) is 7.01. The van der Waals surface area contributed by atoms with Crippen LogP contribution < -0.4 is 14.8 Å². The van der Waals surface area contributed by atoms with Crippen molar-refractivity contribution in [1.29, 1.82) is 0 Å². The van der Waals surface area contributed by atoms with Gasteiger partial charge in [-0.2, -0.15) is 4.31 Å². The van der Waals surface area contributed by atoms with Crippen molar-refractivity contribution in [2.45, 2.75) is 36.7 Å². The Morgan fingerprint density at radius 2 is 1.74 bits per heavy atom. The van der Waals surface area contributed by atoms with Gasteiger partial charge in [-0.05, 0) is 31.9 Å². The molecule has 2 aliphatic rings. The maximum Gasteiger partial charge on any atom is 0.243 e. The number of piperazine rings is 1. The lowest BCUT2D eigenvalue weighted by atomic mass is 10.2. The fourth-order valence-corrected chi connectivity index (χ4v) is 4.61. The molecule has 1 aromatic carbocycles. The van der Waals surface area contributed by atoms with Gasteiger partial charge in [0, 0.05) is 38.3 Å². The molecule has 0 aromatic heterocycles. The van der Waals surface area contributed by atoms with E-state index in [1.807, 2.05) is 11.8 Å². The molecule has 1 saturated carbocycles. The van der Waals surface area contributed by atoms with Gasteiger partial charge in [-0.15, -0.1) is 0 Å². The van der Waals surface area contributed by atoms with Gasteiger partial charge in [0.05, 0.1) is 25.2 Å². The zero-order chi connectivity index (χ0) is 19.6. The number of methoxy groups -OCH3 is 2. The Balaban J connectivity index is 1.65. The van der Waals surface area contributed by atoms with E-state index in [2.05, 4.69) is 5.32 Å². The first-order valence-corrected chi connectivity index (χ1v) is 10.6. The first-order valence-electron chi connectivity index (χ1n) is 9.13. The summed E-state index contributed by atoms with van der Waals surface area (Å²) in [6, 6.07) is 4.66. The van der Waals surface area contributed by atoms with Crippen LogP contribution >= 0.6 is 0 Å². The van der Waals surface area contributed by atoms with Crippen LogP contribution in [0.15, 0.2) is 23.1 Å². The van der Waals surface area contributed by atoms with Crippen molar-refractivity contribution in [3.63, 3.8) is 0 Å². The standard InChI is InChI=1S/C18H27N3O5S/c1-13(18(22)19-14-4-5-14)20-8-10-21(11-9-20)27(23,24)15-6-7-16(25-2)17(12-15)26-3/h6-7,12-14H,4-5,8-11H2,1-3H3,(H,19,22)/t13-/m1/s1. The summed E-state index contributed by atoms with van der Waals surface area (Å²) in [7, 11) is -0.648. The van der Waals surface area contributed by atoms with Crippen LogP contribution in [0.5, 0.6) is 11.5 Å². The second-order valence-electron chi connectivity index (χ2n) is 6.92. The largest absolute Gasteiger partial charge is 0.493 e. The number of carbonyl (C=O) groups is 1. The van der Waals surface area contributed by atoms with E-state index in [1.165, 1.54) is 30.7 Å². The fraction of sp³-hybridized carbons (Fsp3) is 0.611. The maximum atomic E-state index is 13.0. The predicted octanol–water partition coefficient (Wildman–Crippen LogP) is 0.677. The second-order valence-corrected chi connectivity index (χ2v) is 8.85. The van der Waals surface area contributed by atoms with Crippen LogP contribution in [0.4, 0.5) is 0 Å². The molecule has 1 N–H and O–H groups in total. The van der Waals surface area contributed by atoms with Gasteiger partial charge in [0.1, 0.15) is 0 Å². The Hall–Kier alpha value is -1.84. The molecule has 0 radical (unpaired) electrons. The van der Waals surface area contributed by atoms with E-state index >= 15 is 0 Å². The number of benzene rings is 1. The van der Waals surface area contributed by atoms with Crippen LogP contribution in [0, 0.1) is 0 Å². The van der Waals surface area contributed by atoms with Crippen molar-refractivity contribution < 1.29 is 22.7 Å². The van der Waals surface area contributed by atoms with Crippen molar-refractivity contribution in [2.24, 2.45) is 0 Å². The highest BCUT2D eigenvalue weighted by molar-refractivity contribution is 7.89. The zero-order valence-electron chi connectivity index (χ0n) is 16.0. The monoisotopic (exact) mass is 397 g/mol. The van der Waals surface area contributed by atoms with Crippen LogP contribution in [-0.4, -0.2) is 76.0 Å². The highest BCUT2D eigenvalue weighted by Gasteiger charge is 2.33. The van der Waals surface area contributed by atoms with E-state index < -0.39 is 10.0 Å². The first kappa shape index (κ1) is 19.9. The van der Waals surface area contributed by atoms with Gasteiger partial charge in [-0.1, -0.05) is 0 Å². The first-order chi connectivity index (χ1) is 12.9. The Morgan fingerprint density at radius 1 is 1.11 bits per heavy atom. The van der Waals surface area contributed by atoms with Gasteiger partial charge < -0.3 is 14.8 Å². The third kappa shape index (κ3) is 4.36. The molecule has 1 aliphatic heterocycles. The minimum atomic E-state index is -3.63. The molecule has 150 valence electrons. The summed E-state index contributed by atoms with van der Waals surface area (Å²) in [5.74, 6) is 0.882. The minimum Gasteiger partial charge on any atom is -0.493 e. The van der Waals surface area contributed by atoms with Gasteiger partial charge in [0.2, 0.25) is 15.9 Å². The maximum absolute atomic E-state index is 13.0. The molecule has 1 saturated heterocycles. The van der Waals surface area contributed by atoms with E-state index in [9.17, 15) is 13.2 Å². The molecule has 1 amide bonds. The van der Waals surface area contributed by atoms with Gasteiger partial charge in [0.25, 0.3) is 0 Å². The lowest BCUT2D eigenvalue weighted by molar-refractivity contribution is -0.126. The molecule has 1 aliphatic carbocycles. The second kappa shape index (κ2) is 8.04. The minimum absolute atomic E-state index is 0.0219. The van der Waals surface area contributed by atoms with Gasteiger partial charge in [-0.3, -0.25) is 9.69 Å². The lowest BCUT2D eigenvalue weighted by Crippen LogP contribution is -2.55. The molecule has 27 heavy (non-hydrogen) atoms. The fourth-order valence-electron chi connectivity index (χ4n) is 3.17. The molecule has 1 atom stereocenters. The van der Waals surface area contributed by atoms with Crippen molar-refractivity contribution in [3.05, 3.63) is 18.2 Å². The Bertz CT molecular complexity index is 786. The molecule has 1 heterocycles. The Kier molecular flexibility index (Phi) is 5.92. The number of ether oxygens (including phenoxy) is 2. The molecule has 1 aromatic rings. The number of hydrogen-bond donors (Lipinski definition) is 1. The summed E-state index contributed by atoms with van der Waals surface area (Å²) in [6.45, 7) is 3.60. The zero-order valence-corrected chi connectivity index (χ0v) is 16.8. The van der Waals surface area contributed by atoms with Crippen LogP contribution in [0.3, 0.4) is 0 Å². The number of nitrogens with one attached hydrogen (secondary N) is 1. The van der Waals surface area contributed by atoms with Gasteiger partial charge in [-0.25, -0.2) is 8.42 Å². The smallest absolute Gasteiger partial charge is 0.243 e. The van der Waals surface area contributed by atoms with Crippen molar-refractivity contribution in [2.75, 3.05) is 40.4 Å². The molecular formula is C18H27N3O5S. The van der Waals surface area contributed by atoms with Crippen molar-refractivity contribution in [3.8, 4) is 11.5 Å². The lowest BCUT2D eigenvalue weighted by Gasteiger charge is -2.36. The molecule has 0 unspecified atom stereocenters. The van der Waals surface area contributed by atoms with Crippen LogP contribution in [-0.2, 0) is 14.8 Å². The van der Waals surface area contributed by atoms with Gasteiger partial charge in [0.15, 0.2) is 11.5 Å². The number of hydrogen-bond acceptors (Lipinski definition) is 6. The summed E-state index contributed by atoms with van der Waals surface area (Å²) in [5, 5.41) is 3.00. The van der Waals surface area contributed by atoms with E-state index in [0.717, 1.165) is 12.8 Å². The number of rotatable bonds is 7. The molecular weight excluding hydrogens is 370 g/mol. The van der Waals surface area contributed by atoms with E-state index in [0.29, 0.717) is 43.7 Å².